The number of carbonyl (C=O) groups is 3. The molecule has 8 heteroatoms. The van der Waals surface area contributed by atoms with Gasteiger partial charge in [-0.25, -0.2) is 5.43 Å². The Bertz CT molecular complexity index is 639. The molecule has 0 heterocycles. The van der Waals surface area contributed by atoms with Crippen LogP contribution in [0.5, 0.6) is 0 Å². The molecule has 1 aromatic carbocycles. The molecule has 0 saturated heterocycles. The Morgan fingerprint density at radius 1 is 1.12 bits per heavy atom. The third kappa shape index (κ3) is 7.58. The minimum Gasteiger partial charge on any atom is -0.395 e. The first-order valence-corrected chi connectivity index (χ1v) is 7.95. The third-order valence-corrected chi connectivity index (χ3v) is 3.23. The van der Waals surface area contributed by atoms with Gasteiger partial charge in [-0.3, -0.25) is 14.4 Å². The van der Waals surface area contributed by atoms with E-state index >= 15 is 0 Å². The highest BCUT2D eigenvalue weighted by atomic mass is 16.3. The maximum Gasteiger partial charge on any atom is 0.329 e. The topological polar surface area (TPSA) is 120 Å². The third-order valence-electron chi connectivity index (χ3n) is 3.23. The number of aliphatic hydroxyl groups excluding tert-OH is 1. The van der Waals surface area contributed by atoms with Crippen LogP contribution in [0.15, 0.2) is 29.4 Å². The van der Waals surface area contributed by atoms with Gasteiger partial charge in [-0.1, -0.05) is 26.0 Å². The molecule has 0 aromatic heterocycles. The molecule has 0 unspecified atom stereocenters. The highest BCUT2D eigenvalue weighted by molar-refractivity contribution is 6.35. The number of hydrazone groups is 1. The van der Waals surface area contributed by atoms with Crippen LogP contribution in [0.1, 0.15) is 38.7 Å². The SMILES string of the molecule is CC(CC(=O)Nc1ccc(C(C)C)cc1)=NNC(=O)C(=O)NCCO. The van der Waals surface area contributed by atoms with Crippen molar-refractivity contribution in [1.82, 2.24) is 10.7 Å². The maximum absolute atomic E-state index is 11.9. The zero-order valence-electron chi connectivity index (χ0n) is 14.6. The molecule has 0 fully saturated rings. The van der Waals surface area contributed by atoms with Crippen molar-refractivity contribution in [2.24, 2.45) is 5.10 Å². The van der Waals surface area contributed by atoms with E-state index in [0.29, 0.717) is 17.3 Å². The molecule has 0 atom stereocenters. The lowest BCUT2D eigenvalue weighted by Gasteiger charge is -2.08. The number of carbonyl (C=O) groups excluding carboxylic acids is 3. The van der Waals surface area contributed by atoms with E-state index < -0.39 is 11.8 Å². The van der Waals surface area contributed by atoms with E-state index in [1.807, 2.05) is 24.3 Å². The predicted octanol–water partition coefficient (Wildman–Crippen LogP) is 0.739. The summed E-state index contributed by atoms with van der Waals surface area (Å²) in [6.07, 6.45) is -0.0233. The van der Waals surface area contributed by atoms with Crippen LogP contribution in [-0.2, 0) is 14.4 Å². The Hall–Kier alpha value is -2.74. The molecule has 4 N–H and O–H groups in total. The standard InChI is InChI=1S/C17H24N4O4/c1-11(2)13-4-6-14(7-5-13)19-15(23)10-12(3)20-21-17(25)16(24)18-8-9-22/h4-7,11,22H,8-10H2,1-3H3,(H,18,24)(H,19,23)(H,21,25). The fraction of sp³-hybridized carbons (Fsp3) is 0.412. The van der Waals surface area contributed by atoms with Crippen molar-refractivity contribution >= 4 is 29.1 Å². The summed E-state index contributed by atoms with van der Waals surface area (Å²) in [5.41, 5.74) is 4.26. The molecular weight excluding hydrogens is 324 g/mol. The van der Waals surface area contributed by atoms with Crippen molar-refractivity contribution in [2.75, 3.05) is 18.5 Å². The number of hydrogen-bond acceptors (Lipinski definition) is 5. The molecule has 25 heavy (non-hydrogen) atoms. The molecular formula is C17H24N4O4. The summed E-state index contributed by atoms with van der Waals surface area (Å²) >= 11 is 0. The molecule has 0 aliphatic rings. The van der Waals surface area contributed by atoms with Crippen molar-refractivity contribution in [2.45, 2.75) is 33.1 Å². The molecule has 0 saturated carbocycles. The first-order chi connectivity index (χ1) is 11.8. The number of rotatable bonds is 7. The highest BCUT2D eigenvalue weighted by Gasteiger charge is 2.12. The summed E-state index contributed by atoms with van der Waals surface area (Å²) in [6, 6.07) is 7.55. The first kappa shape index (κ1) is 20.3. The molecule has 0 spiro atoms. The van der Waals surface area contributed by atoms with Crippen molar-refractivity contribution in [1.29, 1.82) is 0 Å². The fourth-order valence-electron chi connectivity index (χ4n) is 1.88. The molecule has 0 aliphatic heterocycles. The number of nitrogens with zero attached hydrogens (tertiary/aromatic N) is 1. The van der Waals surface area contributed by atoms with E-state index in [-0.39, 0.29) is 25.5 Å². The zero-order valence-corrected chi connectivity index (χ0v) is 14.6. The van der Waals surface area contributed by atoms with Gasteiger partial charge in [0.25, 0.3) is 0 Å². The van der Waals surface area contributed by atoms with Gasteiger partial charge in [-0.15, -0.1) is 0 Å². The number of hydrogen-bond donors (Lipinski definition) is 4. The smallest absolute Gasteiger partial charge is 0.329 e. The minimum atomic E-state index is -0.961. The van der Waals surface area contributed by atoms with Gasteiger partial charge in [0.15, 0.2) is 0 Å². The Kier molecular flexibility index (Phi) is 8.28. The molecule has 1 aromatic rings. The normalized spacial score (nSPS) is 11.2. The van der Waals surface area contributed by atoms with Crippen LogP contribution in [0.2, 0.25) is 0 Å². The van der Waals surface area contributed by atoms with Crippen LogP contribution in [0.25, 0.3) is 0 Å². The second-order valence-corrected chi connectivity index (χ2v) is 5.77. The Morgan fingerprint density at radius 3 is 2.32 bits per heavy atom. The van der Waals surface area contributed by atoms with Crippen LogP contribution in [-0.4, -0.2) is 41.7 Å². The predicted molar refractivity (Wildman–Crippen MR) is 95.1 cm³/mol. The lowest BCUT2D eigenvalue weighted by molar-refractivity contribution is -0.139. The second-order valence-electron chi connectivity index (χ2n) is 5.77. The van der Waals surface area contributed by atoms with Crippen molar-refractivity contribution in [3.63, 3.8) is 0 Å². The average Bonchev–Trinajstić information content (AvgIpc) is 2.57. The fourth-order valence-corrected chi connectivity index (χ4v) is 1.88. The van der Waals surface area contributed by atoms with Crippen LogP contribution in [0, 0.1) is 0 Å². The summed E-state index contributed by atoms with van der Waals surface area (Å²) in [6.45, 7) is 5.46. The van der Waals surface area contributed by atoms with Gasteiger partial charge in [0.1, 0.15) is 0 Å². The van der Waals surface area contributed by atoms with Gasteiger partial charge in [-0.2, -0.15) is 5.10 Å². The molecule has 136 valence electrons. The number of nitrogens with one attached hydrogen (secondary N) is 3. The quantitative estimate of drug-likeness (QED) is 0.330. The largest absolute Gasteiger partial charge is 0.395 e. The number of anilines is 1. The van der Waals surface area contributed by atoms with Crippen molar-refractivity contribution in [3.8, 4) is 0 Å². The lowest BCUT2D eigenvalue weighted by Crippen LogP contribution is -2.39. The van der Waals surface area contributed by atoms with Gasteiger partial charge in [-0.05, 0) is 30.5 Å². The summed E-state index contributed by atoms with van der Waals surface area (Å²) in [5, 5.41) is 17.2. The summed E-state index contributed by atoms with van der Waals surface area (Å²) in [5.74, 6) is -1.73. The van der Waals surface area contributed by atoms with Crippen molar-refractivity contribution < 1.29 is 19.5 Å². The molecule has 8 nitrogen and oxygen atoms in total. The molecule has 1 rings (SSSR count). The lowest BCUT2D eigenvalue weighted by atomic mass is 10.0. The van der Waals surface area contributed by atoms with Gasteiger partial charge >= 0.3 is 11.8 Å². The molecule has 3 amide bonds. The average molecular weight is 348 g/mol. The van der Waals surface area contributed by atoms with E-state index in [2.05, 4.69) is 35.0 Å². The van der Waals surface area contributed by atoms with Gasteiger partial charge < -0.3 is 15.7 Å². The summed E-state index contributed by atoms with van der Waals surface area (Å²) < 4.78 is 0. The first-order valence-electron chi connectivity index (χ1n) is 7.95. The van der Waals surface area contributed by atoms with Crippen LogP contribution < -0.4 is 16.1 Å². The molecule has 0 aliphatic carbocycles. The Labute approximate surface area is 146 Å². The van der Waals surface area contributed by atoms with E-state index in [4.69, 9.17) is 5.11 Å². The van der Waals surface area contributed by atoms with Crippen LogP contribution in [0.3, 0.4) is 0 Å². The zero-order chi connectivity index (χ0) is 18.8. The molecule has 0 radical (unpaired) electrons. The maximum atomic E-state index is 11.9. The van der Waals surface area contributed by atoms with Crippen molar-refractivity contribution in [3.05, 3.63) is 29.8 Å². The van der Waals surface area contributed by atoms with Gasteiger partial charge in [0.05, 0.1) is 13.0 Å². The summed E-state index contributed by atoms with van der Waals surface area (Å²) in [4.78, 5) is 34.6. The van der Waals surface area contributed by atoms with E-state index in [1.165, 1.54) is 5.56 Å². The number of aliphatic hydroxyl groups is 1. The van der Waals surface area contributed by atoms with E-state index in [0.717, 1.165) is 0 Å². The Balaban J connectivity index is 2.47. The highest BCUT2D eigenvalue weighted by Crippen LogP contribution is 2.17. The monoisotopic (exact) mass is 348 g/mol. The van der Waals surface area contributed by atoms with Crippen LogP contribution >= 0.6 is 0 Å². The molecule has 0 bridgehead atoms. The summed E-state index contributed by atoms with van der Waals surface area (Å²) in [7, 11) is 0. The number of benzene rings is 1. The Morgan fingerprint density at radius 2 is 1.76 bits per heavy atom. The van der Waals surface area contributed by atoms with E-state index in [9.17, 15) is 14.4 Å². The van der Waals surface area contributed by atoms with Crippen LogP contribution in [0.4, 0.5) is 5.69 Å². The van der Waals surface area contributed by atoms with Gasteiger partial charge in [0.2, 0.25) is 5.91 Å². The second kappa shape index (κ2) is 10.2. The van der Waals surface area contributed by atoms with Gasteiger partial charge in [0, 0.05) is 17.9 Å². The number of amides is 3. The van der Waals surface area contributed by atoms with E-state index in [1.54, 1.807) is 6.92 Å². The minimum absolute atomic E-state index is 0.0209.